The summed E-state index contributed by atoms with van der Waals surface area (Å²) < 4.78 is 25.1. The molecule has 1 heterocycles. The minimum absolute atomic E-state index is 0.132. The molecule has 0 saturated carbocycles. The Morgan fingerprint density at radius 3 is 2.75 bits per heavy atom. The third-order valence-electron chi connectivity index (χ3n) is 1.35. The van der Waals surface area contributed by atoms with Crippen molar-refractivity contribution in [1.82, 2.24) is 4.98 Å². The lowest BCUT2D eigenvalue weighted by Gasteiger charge is -2.04. The second-order valence-corrected chi connectivity index (χ2v) is 3.74. The van der Waals surface area contributed by atoms with Crippen molar-refractivity contribution in [3.63, 3.8) is 0 Å². The van der Waals surface area contributed by atoms with Gasteiger partial charge in [-0.3, -0.25) is 4.98 Å². The fourth-order valence-corrected chi connectivity index (χ4v) is 2.49. The number of rotatable bonds is 2. The van der Waals surface area contributed by atoms with Crippen LogP contribution in [0.25, 0.3) is 0 Å². The van der Waals surface area contributed by atoms with Crippen molar-refractivity contribution < 1.29 is 8.78 Å². The molecular formula is C7H5BrF2IN. The zero-order valence-corrected chi connectivity index (χ0v) is 9.64. The molecule has 1 rings (SSSR count). The van der Waals surface area contributed by atoms with E-state index in [4.69, 9.17) is 0 Å². The third kappa shape index (κ3) is 2.12. The molecule has 0 radical (unpaired) electrons. The number of hydrogen-bond donors (Lipinski definition) is 0. The van der Waals surface area contributed by atoms with E-state index in [2.05, 4.69) is 20.9 Å². The lowest BCUT2D eigenvalue weighted by molar-refractivity contribution is 0.145. The minimum atomic E-state index is -2.49. The van der Waals surface area contributed by atoms with Crippen molar-refractivity contribution >= 4 is 38.5 Å². The Morgan fingerprint density at radius 2 is 2.25 bits per heavy atom. The first-order valence-electron chi connectivity index (χ1n) is 3.14. The molecule has 1 aromatic heterocycles. The maximum absolute atomic E-state index is 12.3. The molecule has 0 aliphatic rings. The number of nitrogens with zero attached hydrogens (tertiary/aromatic N) is 1. The molecule has 0 N–H and O–H groups in total. The van der Waals surface area contributed by atoms with Crippen LogP contribution in [-0.4, -0.2) is 4.98 Å². The van der Waals surface area contributed by atoms with Crippen LogP contribution in [0.15, 0.2) is 12.3 Å². The first kappa shape index (κ1) is 10.3. The highest BCUT2D eigenvalue weighted by Gasteiger charge is 2.14. The highest BCUT2D eigenvalue weighted by Crippen LogP contribution is 2.25. The zero-order chi connectivity index (χ0) is 9.14. The Labute approximate surface area is 90.8 Å². The van der Waals surface area contributed by atoms with Crippen LogP contribution in [0.4, 0.5) is 8.78 Å². The van der Waals surface area contributed by atoms with Crippen LogP contribution in [0.1, 0.15) is 17.7 Å². The first-order valence-corrected chi connectivity index (χ1v) is 5.34. The van der Waals surface area contributed by atoms with Crippen molar-refractivity contribution in [2.24, 2.45) is 0 Å². The first-order chi connectivity index (χ1) is 5.66. The maximum atomic E-state index is 12.3. The summed E-state index contributed by atoms with van der Waals surface area (Å²) in [6.45, 7) is 0. The molecule has 0 fully saturated rings. The highest BCUT2D eigenvalue weighted by atomic mass is 127. The Morgan fingerprint density at radius 1 is 1.58 bits per heavy atom. The molecule has 0 aromatic carbocycles. The lowest BCUT2D eigenvalue weighted by atomic mass is 10.2. The van der Waals surface area contributed by atoms with Gasteiger partial charge >= 0.3 is 0 Å². The van der Waals surface area contributed by atoms with E-state index in [0.717, 1.165) is 5.56 Å². The molecule has 5 heteroatoms. The predicted octanol–water partition coefficient (Wildman–Crippen LogP) is 3.52. The predicted molar refractivity (Wildman–Crippen MR) is 54.5 cm³/mol. The van der Waals surface area contributed by atoms with Crippen molar-refractivity contribution in [3.8, 4) is 0 Å². The topological polar surface area (TPSA) is 12.9 Å². The quantitative estimate of drug-likeness (QED) is 0.589. The summed E-state index contributed by atoms with van der Waals surface area (Å²) in [6, 6.07) is 1.72. The van der Waals surface area contributed by atoms with Crippen LogP contribution in [0.3, 0.4) is 0 Å². The molecule has 0 aliphatic heterocycles. The van der Waals surface area contributed by atoms with Gasteiger partial charge in [0.05, 0.1) is 0 Å². The van der Waals surface area contributed by atoms with Gasteiger partial charge in [0.2, 0.25) is 0 Å². The number of halogens is 4. The Balaban J connectivity index is 3.14. The average molecular weight is 348 g/mol. The van der Waals surface area contributed by atoms with Crippen molar-refractivity contribution in [3.05, 3.63) is 27.1 Å². The highest BCUT2D eigenvalue weighted by molar-refractivity contribution is 14.1. The molecule has 1 nitrogen and oxygen atoms in total. The largest absolute Gasteiger partial charge is 0.281 e. The van der Waals surface area contributed by atoms with Crippen LogP contribution >= 0.6 is 38.5 Å². The van der Waals surface area contributed by atoms with Crippen molar-refractivity contribution in [2.75, 3.05) is 0 Å². The number of aromatic nitrogens is 1. The van der Waals surface area contributed by atoms with Crippen LogP contribution in [0.2, 0.25) is 0 Å². The van der Waals surface area contributed by atoms with Crippen LogP contribution < -0.4 is 0 Å². The van der Waals surface area contributed by atoms with E-state index in [0.29, 0.717) is 8.90 Å². The minimum Gasteiger partial charge on any atom is -0.254 e. The standard InChI is InChI=1S/C7H5BrF2IN/c8-3-4-1-2-12-6(5(4)11)7(9)10/h1-2,7H,3H2. The van der Waals surface area contributed by atoms with Gasteiger partial charge in [0.15, 0.2) is 0 Å². The van der Waals surface area contributed by atoms with Crippen LogP contribution in [-0.2, 0) is 5.33 Å². The number of pyridine rings is 1. The van der Waals surface area contributed by atoms with Gasteiger partial charge in [0, 0.05) is 15.1 Å². The molecule has 12 heavy (non-hydrogen) atoms. The van der Waals surface area contributed by atoms with Gasteiger partial charge in [-0.25, -0.2) is 8.78 Å². The molecule has 0 spiro atoms. The maximum Gasteiger partial charge on any atom is 0.281 e. The van der Waals surface area contributed by atoms with Crippen molar-refractivity contribution in [1.29, 1.82) is 0 Å². The summed E-state index contributed by atoms with van der Waals surface area (Å²) in [6.07, 6.45) is -1.09. The molecular weight excluding hydrogens is 343 g/mol. The van der Waals surface area contributed by atoms with Gasteiger partial charge in [-0.2, -0.15) is 0 Å². The lowest BCUT2D eigenvalue weighted by Crippen LogP contribution is -1.97. The fraction of sp³-hybridized carbons (Fsp3) is 0.286. The van der Waals surface area contributed by atoms with Gasteiger partial charge in [0.1, 0.15) is 5.69 Å². The van der Waals surface area contributed by atoms with Gasteiger partial charge in [0.25, 0.3) is 6.43 Å². The Hall–Kier alpha value is 0.220. The normalized spacial score (nSPS) is 10.8. The van der Waals surface area contributed by atoms with E-state index in [1.165, 1.54) is 6.20 Å². The van der Waals surface area contributed by atoms with Gasteiger partial charge in [-0.1, -0.05) is 15.9 Å². The van der Waals surface area contributed by atoms with Gasteiger partial charge < -0.3 is 0 Å². The van der Waals surface area contributed by atoms with E-state index in [1.807, 2.05) is 22.6 Å². The van der Waals surface area contributed by atoms with E-state index in [-0.39, 0.29) is 5.69 Å². The number of alkyl halides is 3. The SMILES string of the molecule is FC(F)c1nccc(CBr)c1I. The number of hydrogen-bond acceptors (Lipinski definition) is 1. The molecule has 0 unspecified atom stereocenters. The van der Waals surface area contributed by atoms with Crippen molar-refractivity contribution in [2.45, 2.75) is 11.8 Å². The van der Waals surface area contributed by atoms with E-state index in [1.54, 1.807) is 6.07 Å². The fourth-order valence-electron chi connectivity index (χ4n) is 0.757. The second-order valence-electron chi connectivity index (χ2n) is 2.10. The van der Waals surface area contributed by atoms with E-state index in [9.17, 15) is 8.78 Å². The molecule has 0 amide bonds. The summed E-state index contributed by atoms with van der Waals surface area (Å²) in [7, 11) is 0. The summed E-state index contributed by atoms with van der Waals surface area (Å²) in [4.78, 5) is 3.61. The summed E-state index contributed by atoms with van der Waals surface area (Å²) >= 11 is 5.10. The Bertz CT molecular complexity index is 280. The molecule has 0 bridgehead atoms. The Kier molecular flexibility index (Phi) is 3.82. The summed E-state index contributed by atoms with van der Waals surface area (Å²) in [5.74, 6) is 0. The van der Waals surface area contributed by atoms with E-state index < -0.39 is 6.43 Å². The van der Waals surface area contributed by atoms with Gasteiger partial charge in [-0.05, 0) is 34.2 Å². The smallest absolute Gasteiger partial charge is 0.254 e. The van der Waals surface area contributed by atoms with Gasteiger partial charge in [-0.15, -0.1) is 0 Å². The second kappa shape index (κ2) is 4.45. The molecule has 0 atom stereocenters. The summed E-state index contributed by atoms with van der Waals surface area (Å²) in [5.41, 5.74) is 0.716. The monoisotopic (exact) mass is 347 g/mol. The molecule has 0 saturated heterocycles. The average Bonchev–Trinajstić information content (AvgIpc) is 2.04. The zero-order valence-electron chi connectivity index (χ0n) is 5.90. The summed E-state index contributed by atoms with van der Waals surface area (Å²) in [5, 5.41) is 0.577. The molecule has 0 aliphatic carbocycles. The molecule has 1 aromatic rings. The van der Waals surface area contributed by atoms with E-state index >= 15 is 0 Å². The van der Waals surface area contributed by atoms with Crippen LogP contribution in [0, 0.1) is 3.57 Å². The third-order valence-corrected chi connectivity index (χ3v) is 3.20. The van der Waals surface area contributed by atoms with Crippen LogP contribution in [0.5, 0.6) is 0 Å². The molecule has 66 valence electrons.